The van der Waals surface area contributed by atoms with Crippen molar-refractivity contribution in [2.75, 3.05) is 0 Å². The largest absolute Gasteiger partial charge is 0.373 e. The minimum atomic E-state index is -1.56. The van der Waals surface area contributed by atoms with Gasteiger partial charge >= 0.3 is 0 Å². The van der Waals surface area contributed by atoms with Gasteiger partial charge in [-0.1, -0.05) is 74.5 Å². The van der Waals surface area contributed by atoms with Crippen molar-refractivity contribution >= 4 is 5.78 Å². The van der Waals surface area contributed by atoms with Gasteiger partial charge in [0.05, 0.1) is 0 Å². The summed E-state index contributed by atoms with van der Waals surface area (Å²) in [7, 11) is 0. The summed E-state index contributed by atoms with van der Waals surface area (Å²) in [6.45, 7) is 3.96. The van der Waals surface area contributed by atoms with E-state index >= 15 is 0 Å². The molecule has 2 aromatic rings. The molecule has 0 aliphatic rings. The second kappa shape index (κ2) is 6.02. The quantitative estimate of drug-likeness (QED) is 0.900. The van der Waals surface area contributed by atoms with Gasteiger partial charge in [-0.2, -0.15) is 0 Å². The smallest absolute Gasteiger partial charge is 0.173 e. The topological polar surface area (TPSA) is 37.3 Å². The number of Topliss-reactive ketones (excluding diaryl/α,β-unsaturated/α-hetero) is 1. The Labute approximate surface area is 120 Å². The average Bonchev–Trinajstić information content (AvgIpc) is 2.47. The molecule has 0 bridgehead atoms. The number of rotatable bonds is 5. The molecule has 2 rings (SSSR count). The van der Waals surface area contributed by atoms with Crippen LogP contribution in [0, 0.1) is 5.92 Å². The van der Waals surface area contributed by atoms with E-state index in [1.807, 2.05) is 50.2 Å². The molecular formula is C18H20O2. The highest BCUT2D eigenvalue weighted by atomic mass is 16.3. The van der Waals surface area contributed by atoms with Crippen LogP contribution in [0.2, 0.25) is 0 Å². The third-order valence-electron chi connectivity index (χ3n) is 3.38. The summed E-state index contributed by atoms with van der Waals surface area (Å²) < 4.78 is 0. The molecule has 0 aliphatic carbocycles. The Bertz CT molecular complexity index is 519. The molecule has 0 saturated heterocycles. The van der Waals surface area contributed by atoms with Crippen LogP contribution in [0.15, 0.2) is 60.7 Å². The summed E-state index contributed by atoms with van der Waals surface area (Å²) in [6.07, 6.45) is 0.348. The number of hydrogen-bond donors (Lipinski definition) is 1. The number of carbonyl (C=O) groups excluding carboxylic acids is 1. The number of carbonyl (C=O) groups is 1. The zero-order valence-electron chi connectivity index (χ0n) is 11.9. The van der Waals surface area contributed by atoms with Crippen LogP contribution in [0.4, 0.5) is 0 Å². The van der Waals surface area contributed by atoms with Crippen molar-refractivity contribution in [1.29, 1.82) is 0 Å². The van der Waals surface area contributed by atoms with Crippen LogP contribution in [0.1, 0.15) is 31.4 Å². The van der Waals surface area contributed by atoms with Gasteiger partial charge in [0.15, 0.2) is 11.4 Å². The second-order valence-corrected chi connectivity index (χ2v) is 5.46. The molecule has 1 N–H and O–H groups in total. The van der Waals surface area contributed by atoms with E-state index < -0.39 is 5.60 Å². The van der Waals surface area contributed by atoms with E-state index in [0.717, 1.165) is 0 Å². The second-order valence-electron chi connectivity index (χ2n) is 5.46. The number of aliphatic hydroxyl groups is 1. The first-order valence-electron chi connectivity index (χ1n) is 6.92. The van der Waals surface area contributed by atoms with Gasteiger partial charge in [0.1, 0.15) is 0 Å². The molecule has 0 fully saturated rings. The molecule has 0 spiro atoms. The van der Waals surface area contributed by atoms with Crippen LogP contribution in [-0.2, 0) is 10.4 Å². The van der Waals surface area contributed by atoms with Gasteiger partial charge in [0.2, 0.25) is 0 Å². The molecule has 0 amide bonds. The van der Waals surface area contributed by atoms with Crippen molar-refractivity contribution in [2.24, 2.45) is 5.92 Å². The molecule has 2 heteroatoms. The van der Waals surface area contributed by atoms with Crippen LogP contribution in [0.3, 0.4) is 0 Å². The molecule has 104 valence electrons. The molecule has 0 radical (unpaired) electrons. The van der Waals surface area contributed by atoms with Crippen LogP contribution >= 0.6 is 0 Å². The third-order valence-corrected chi connectivity index (χ3v) is 3.38. The summed E-state index contributed by atoms with van der Waals surface area (Å²) in [5, 5.41) is 11.1. The molecule has 0 aliphatic heterocycles. The monoisotopic (exact) mass is 268 g/mol. The Morgan fingerprint density at radius 2 is 1.35 bits per heavy atom. The zero-order valence-corrected chi connectivity index (χ0v) is 11.9. The van der Waals surface area contributed by atoms with E-state index in [1.165, 1.54) is 0 Å². The Morgan fingerprint density at radius 3 is 1.70 bits per heavy atom. The Hall–Kier alpha value is -1.93. The zero-order chi connectivity index (χ0) is 14.6. The predicted molar refractivity (Wildman–Crippen MR) is 80.3 cm³/mol. The molecule has 0 saturated carbocycles. The highest BCUT2D eigenvalue weighted by molar-refractivity contribution is 5.92. The minimum Gasteiger partial charge on any atom is -0.373 e. The Balaban J connectivity index is 2.52. The summed E-state index contributed by atoms with van der Waals surface area (Å²) in [5.74, 6) is 0.0475. The maximum Gasteiger partial charge on any atom is 0.173 e. The number of hydrogen-bond acceptors (Lipinski definition) is 2. The fraction of sp³-hybridized carbons (Fsp3) is 0.278. The van der Waals surface area contributed by atoms with Crippen LogP contribution < -0.4 is 0 Å². The minimum absolute atomic E-state index is 0.162. The molecule has 2 aromatic carbocycles. The maximum absolute atomic E-state index is 12.6. The highest BCUT2D eigenvalue weighted by Crippen LogP contribution is 2.32. The summed E-state index contributed by atoms with van der Waals surface area (Å²) >= 11 is 0. The van der Waals surface area contributed by atoms with E-state index in [1.54, 1.807) is 24.3 Å². The van der Waals surface area contributed by atoms with E-state index in [-0.39, 0.29) is 11.7 Å². The van der Waals surface area contributed by atoms with Gasteiger partial charge in [-0.15, -0.1) is 0 Å². The standard InChI is InChI=1S/C18H20O2/c1-14(2)13-17(19)18(20,15-9-5-3-6-10-15)16-11-7-4-8-12-16/h3-12,14,20H,13H2,1-2H3. The van der Waals surface area contributed by atoms with Gasteiger partial charge in [-0.05, 0) is 17.0 Å². The van der Waals surface area contributed by atoms with Gasteiger partial charge in [0.25, 0.3) is 0 Å². The lowest BCUT2D eigenvalue weighted by molar-refractivity contribution is -0.135. The predicted octanol–water partition coefficient (Wildman–Crippen LogP) is 3.54. The third kappa shape index (κ3) is 2.81. The van der Waals surface area contributed by atoms with Gasteiger partial charge in [-0.25, -0.2) is 0 Å². The van der Waals surface area contributed by atoms with Crippen molar-refractivity contribution in [1.82, 2.24) is 0 Å². The molecule has 0 heterocycles. The van der Waals surface area contributed by atoms with Gasteiger partial charge in [-0.3, -0.25) is 4.79 Å². The summed E-state index contributed by atoms with van der Waals surface area (Å²) in [4.78, 5) is 12.6. The van der Waals surface area contributed by atoms with E-state index in [2.05, 4.69) is 0 Å². The first-order valence-corrected chi connectivity index (χ1v) is 6.92. The molecule has 0 atom stereocenters. The van der Waals surface area contributed by atoms with Crippen LogP contribution in [0.25, 0.3) is 0 Å². The molecule has 20 heavy (non-hydrogen) atoms. The molecular weight excluding hydrogens is 248 g/mol. The first-order chi connectivity index (χ1) is 9.55. The SMILES string of the molecule is CC(C)CC(=O)C(O)(c1ccccc1)c1ccccc1. The van der Waals surface area contributed by atoms with Crippen LogP contribution in [-0.4, -0.2) is 10.9 Å². The summed E-state index contributed by atoms with van der Waals surface area (Å²) in [6, 6.07) is 18.3. The fourth-order valence-corrected chi connectivity index (χ4v) is 2.37. The van der Waals surface area contributed by atoms with Crippen molar-refractivity contribution in [3.05, 3.63) is 71.8 Å². The van der Waals surface area contributed by atoms with Crippen molar-refractivity contribution < 1.29 is 9.90 Å². The first kappa shape index (κ1) is 14.5. The maximum atomic E-state index is 12.6. The van der Waals surface area contributed by atoms with E-state index in [0.29, 0.717) is 17.5 Å². The van der Waals surface area contributed by atoms with E-state index in [9.17, 15) is 9.90 Å². The average molecular weight is 268 g/mol. The summed E-state index contributed by atoms with van der Waals surface area (Å²) in [5.41, 5.74) is -0.319. The van der Waals surface area contributed by atoms with Gasteiger partial charge in [0, 0.05) is 6.42 Å². The molecule has 0 aromatic heterocycles. The number of ketones is 1. The van der Waals surface area contributed by atoms with Crippen molar-refractivity contribution in [3.63, 3.8) is 0 Å². The number of benzene rings is 2. The van der Waals surface area contributed by atoms with E-state index in [4.69, 9.17) is 0 Å². The van der Waals surface area contributed by atoms with Crippen molar-refractivity contribution in [2.45, 2.75) is 25.9 Å². The Morgan fingerprint density at radius 1 is 0.950 bits per heavy atom. The normalized spacial score (nSPS) is 11.6. The highest BCUT2D eigenvalue weighted by Gasteiger charge is 2.39. The van der Waals surface area contributed by atoms with Crippen molar-refractivity contribution in [3.8, 4) is 0 Å². The molecule has 2 nitrogen and oxygen atoms in total. The van der Waals surface area contributed by atoms with Crippen LogP contribution in [0.5, 0.6) is 0 Å². The lowest BCUT2D eigenvalue weighted by Gasteiger charge is -2.28. The lowest BCUT2D eigenvalue weighted by Crippen LogP contribution is -2.37. The van der Waals surface area contributed by atoms with Gasteiger partial charge < -0.3 is 5.11 Å². The fourth-order valence-electron chi connectivity index (χ4n) is 2.37. The Kier molecular flexibility index (Phi) is 4.35. The molecule has 0 unspecified atom stereocenters. The lowest BCUT2D eigenvalue weighted by atomic mass is 9.80.